The van der Waals surface area contributed by atoms with Crippen LogP contribution in [0.1, 0.15) is 12.5 Å². The number of benzene rings is 1. The minimum atomic E-state index is -4.97. The van der Waals surface area contributed by atoms with E-state index >= 15 is 0 Å². The molecule has 0 atom stereocenters. The van der Waals surface area contributed by atoms with E-state index in [0.29, 0.717) is 12.0 Å². The van der Waals surface area contributed by atoms with Crippen molar-refractivity contribution in [3.05, 3.63) is 23.8 Å². The van der Waals surface area contributed by atoms with Crippen LogP contribution in [0.2, 0.25) is 0 Å². The zero-order valence-corrected chi connectivity index (χ0v) is 10.2. The van der Waals surface area contributed by atoms with Crippen LogP contribution in [0.4, 0.5) is 13.2 Å². The maximum atomic E-state index is 12.1. The molecule has 0 unspecified atom stereocenters. The first-order valence-corrected chi connectivity index (χ1v) is 6.77. The van der Waals surface area contributed by atoms with E-state index in [1.165, 1.54) is 6.07 Å². The molecule has 0 saturated heterocycles. The average molecular weight is 289 g/mol. The zero-order chi connectivity index (χ0) is 13.3. The maximum Gasteiger partial charge on any atom is 0.573 e. The Labute approximate surface area is 101 Å². The van der Waals surface area contributed by atoms with Crippen LogP contribution in [-0.2, 0) is 15.5 Å². The molecule has 0 fully saturated rings. The van der Waals surface area contributed by atoms with Crippen molar-refractivity contribution in [2.24, 2.45) is 0 Å². The lowest BCUT2D eigenvalue weighted by atomic mass is 10.2. The smallest absolute Gasteiger partial charge is 0.404 e. The van der Waals surface area contributed by atoms with Crippen LogP contribution in [0.5, 0.6) is 5.75 Å². The molecule has 0 aliphatic rings. The number of ether oxygens (including phenoxy) is 1. The van der Waals surface area contributed by atoms with Crippen molar-refractivity contribution >= 4 is 19.7 Å². The minimum Gasteiger partial charge on any atom is -0.404 e. The van der Waals surface area contributed by atoms with Crippen molar-refractivity contribution in [3.63, 3.8) is 0 Å². The molecule has 0 radical (unpaired) electrons. The highest BCUT2D eigenvalue weighted by Crippen LogP contribution is 2.32. The Bertz CT molecular complexity index is 511. The second kappa shape index (κ2) is 4.73. The predicted molar refractivity (Wildman–Crippen MR) is 55.5 cm³/mol. The molecule has 0 aliphatic heterocycles. The first-order chi connectivity index (χ1) is 7.63. The van der Waals surface area contributed by atoms with Crippen molar-refractivity contribution < 1.29 is 26.3 Å². The molecule has 17 heavy (non-hydrogen) atoms. The van der Waals surface area contributed by atoms with Gasteiger partial charge in [-0.15, -0.1) is 13.2 Å². The van der Waals surface area contributed by atoms with Crippen LogP contribution < -0.4 is 4.74 Å². The molecule has 8 heteroatoms. The lowest BCUT2D eigenvalue weighted by Crippen LogP contribution is -2.18. The highest BCUT2D eigenvalue weighted by molar-refractivity contribution is 8.13. The quantitative estimate of drug-likeness (QED) is 0.803. The van der Waals surface area contributed by atoms with E-state index in [0.717, 1.165) is 12.1 Å². The summed E-state index contributed by atoms with van der Waals surface area (Å²) in [5.41, 5.74) is 0.508. The van der Waals surface area contributed by atoms with Crippen LogP contribution in [0.3, 0.4) is 0 Å². The second-order valence-electron chi connectivity index (χ2n) is 3.12. The van der Waals surface area contributed by atoms with E-state index in [2.05, 4.69) is 4.74 Å². The molecule has 0 N–H and O–H groups in total. The first-order valence-electron chi connectivity index (χ1n) is 4.47. The molecule has 0 bridgehead atoms. The summed E-state index contributed by atoms with van der Waals surface area (Å²) >= 11 is 0. The van der Waals surface area contributed by atoms with Crippen molar-refractivity contribution in [1.29, 1.82) is 0 Å². The number of rotatable bonds is 3. The van der Waals surface area contributed by atoms with Gasteiger partial charge in [0.2, 0.25) is 0 Å². The van der Waals surface area contributed by atoms with Crippen molar-refractivity contribution in [1.82, 2.24) is 0 Å². The molecule has 0 heterocycles. The number of alkyl halides is 3. The summed E-state index contributed by atoms with van der Waals surface area (Å²) in [6, 6.07) is 3.36. The molecule has 1 aromatic carbocycles. The van der Waals surface area contributed by atoms with Crippen LogP contribution in [0.15, 0.2) is 23.1 Å². The molecule has 3 nitrogen and oxygen atoms in total. The molecule has 1 rings (SSSR count). The topological polar surface area (TPSA) is 43.4 Å². The zero-order valence-electron chi connectivity index (χ0n) is 8.58. The van der Waals surface area contributed by atoms with E-state index in [4.69, 9.17) is 10.7 Å². The Morgan fingerprint density at radius 2 is 1.94 bits per heavy atom. The van der Waals surface area contributed by atoms with Gasteiger partial charge in [-0.3, -0.25) is 0 Å². The van der Waals surface area contributed by atoms with Gasteiger partial charge in [0.15, 0.2) is 0 Å². The summed E-state index contributed by atoms with van der Waals surface area (Å²) in [6.07, 6.45) is -4.53. The molecule has 0 saturated carbocycles. The Morgan fingerprint density at radius 1 is 1.35 bits per heavy atom. The van der Waals surface area contributed by atoms with Gasteiger partial charge in [-0.25, -0.2) is 8.42 Å². The van der Waals surface area contributed by atoms with E-state index in [-0.39, 0.29) is 0 Å². The van der Waals surface area contributed by atoms with Gasteiger partial charge in [0.25, 0.3) is 9.05 Å². The normalized spacial score (nSPS) is 12.5. The van der Waals surface area contributed by atoms with Crippen molar-refractivity contribution in [2.75, 3.05) is 0 Å². The molecule has 1 aromatic rings. The second-order valence-corrected chi connectivity index (χ2v) is 5.65. The Balaban J connectivity index is 3.32. The van der Waals surface area contributed by atoms with Gasteiger partial charge in [0.1, 0.15) is 10.6 Å². The van der Waals surface area contributed by atoms with Crippen molar-refractivity contribution in [3.8, 4) is 5.75 Å². The van der Waals surface area contributed by atoms with Gasteiger partial charge in [0, 0.05) is 10.7 Å². The third-order valence-electron chi connectivity index (χ3n) is 1.90. The van der Waals surface area contributed by atoms with Crippen LogP contribution in [0.25, 0.3) is 0 Å². The summed E-state index contributed by atoms with van der Waals surface area (Å²) in [7, 11) is 0.729. The van der Waals surface area contributed by atoms with Gasteiger partial charge < -0.3 is 4.74 Å². The van der Waals surface area contributed by atoms with E-state index < -0.39 is 26.1 Å². The number of aryl methyl sites for hydroxylation is 1. The number of hydrogen-bond donors (Lipinski definition) is 0. The molecule has 0 aromatic heterocycles. The monoisotopic (exact) mass is 288 g/mol. The van der Waals surface area contributed by atoms with Crippen molar-refractivity contribution in [2.45, 2.75) is 24.6 Å². The van der Waals surface area contributed by atoms with Gasteiger partial charge >= 0.3 is 6.36 Å². The maximum absolute atomic E-state index is 12.1. The SMILES string of the molecule is CCc1ccc(S(=O)(=O)Cl)c(OC(F)(F)F)c1. The third-order valence-corrected chi connectivity index (χ3v) is 3.27. The number of hydrogen-bond acceptors (Lipinski definition) is 3. The summed E-state index contributed by atoms with van der Waals surface area (Å²) in [6.45, 7) is 1.71. The van der Waals surface area contributed by atoms with Gasteiger partial charge in [-0.05, 0) is 24.1 Å². The molecule has 0 aliphatic carbocycles. The standard InChI is InChI=1S/C9H8ClF3O3S/c1-2-6-3-4-8(17(10,14)15)7(5-6)16-9(11,12)13/h3-5H,2H2,1H3. The first kappa shape index (κ1) is 14.1. The molecular weight excluding hydrogens is 281 g/mol. The fourth-order valence-electron chi connectivity index (χ4n) is 1.18. The number of halogens is 4. The summed E-state index contributed by atoms with van der Waals surface area (Å²) < 4.78 is 62.0. The minimum absolute atomic E-state index is 0.441. The molecule has 0 amide bonds. The lowest BCUT2D eigenvalue weighted by Gasteiger charge is -2.12. The van der Waals surface area contributed by atoms with E-state index in [1.54, 1.807) is 6.92 Å². The largest absolute Gasteiger partial charge is 0.573 e. The van der Waals surface area contributed by atoms with E-state index in [1.807, 2.05) is 0 Å². The van der Waals surface area contributed by atoms with Gasteiger partial charge in [-0.2, -0.15) is 0 Å². The lowest BCUT2D eigenvalue weighted by molar-refractivity contribution is -0.275. The summed E-state index contributed by atoms with van der Waals surface area (Å²) in [4.78, 5) is -0.700. The Hall–Kier alpha value is -0.950. The fraction of sp³-hybridized carbons (Fsp3) is 0.333. The van der Waals surface area contributed by atoms with Crippen LogP contribution >= 0.6 is 10.7 Å². The van der Waals surface area contributed by atoms with Gasteiger partial charge in [0.05, 0.1) is 0 Å². The molecule has 0 spiro atoms. The molecular formula is C9H8ClF3O3S. The van der Waals surface area contributed by atoms with E-state index in [9.17, 15) is 21.6 Å². The highest BCUT2D eigenvalue weighted by atomic mass is 35.7. The predicted octanol–water partition coefficient (Wildman–Crippen LogP) is 3.08. The summed E-state index contributed by atoms with van der Waals surface area (Å²) in [5.74, 6) is -0.813. The fourth-order valence-corrected chi connectivity index (χ4v) is 2.13. The Morgan fingerprint density at radius 3 is 2.35 bits per heavy atom. The van der Waals surface area contributed by atoms with Crippen LogP contribution in [0, 0.1) is 0 Å². The molecule has 96 valence electrons. The summed E-state index contributed by atoms with van der Waals surface area (Å²) in [5, 5.41) is 0. The third kappa shape index (κ3) is 4.08. The van der Waals surface area contributed by atoms with Crippen LogP contribution in [-0.4, -0.2) is 14.8 Å². The Kier molecular flexibility index (Phi) is 3.93. The van der Waals surface area contributed by atoms with Gasteiger partial charge in [-0.1, -0.05) is 13.0 Å². The average Bonchev–Trinajstić information content (AvgIpc) is 2.13. The highest BCUT2D eigenvalue weighted by Gasteiger charge is 2.33.